The van der Waals surface area contributed by atoms with E-state index in [4.69, 9.17) is 18.9 Å². The molecule has 2 aromatic carbocycles. The SMILES string of the molecule is CO[C@H](C)[C@H](NC(=O)OC(C)(C)C)C(=O)C1C(=O)c2ccc(C(=O)c3ccc4c(c3)C(=O)C(C(=O)[C@@H](NC(=O)OC(C)(C)C)[C@@H](C)OC)C4=O)cc2C1=O. The van der Waals surface area contributed by atoms with Gasteiger partial charge in [0.2, 0.25) is 0 Å². The van der Waals surface area contributed by atoms with Crippen LogP contribution in [0.15, 0.2) is 36.4 Å². The van der Waals surface area contributed by atoms with Crippen LogP contribution in [0.25, 0.3) is 0 Å². The number of methoxy groups -OCH3 is 2. The van der Waals surface area contributed by atoms with Gasteiger partial charge in [0.1, 0.15) is 35.1 Å². The molecule has 2 aliphatic rings. The standard InChI is InChI=1S/C39H44N2O13/c1-17(51-9)27(40-36(49)53-38(3,4)5)34(47)25-30(43)21-13-11-19(15-23(21)32(25)45)29(42)20-12-14-22-24(16-20)33(46)26(31(22)44)35(48)28(18(2)52-10)41-37(50)54-39(6,7)8/h11-18,25-28H,1-10H3,(H,40,49)(H,41,50)/t17-,18-,25?,26?,27+,28+/m1/s1. The molecule has 2 aromatic rings. The number of hydrogen-bond acceptors (Lipinski definition) is 13. The van der Waals surface area contributed by atoms with Crippen molar-refractivity contribution >= 4 is 52.7 Å². The third kappa shape index (κ3) is 8.52. The van der Waals surface area contributed by atoms with Gasteiger partial charge in [-0.25, -0.2) is 9.59 Å². The van der Waals surface area contributed by atoms with E-state index in [1.54, 1.807) is 41.5 Å². The lowest BCUT2D eigenvalue weighted by Gasteiger charge is -2.26. The summed E-state index contributed by atoms with van der Waals surface area (Å²) in [7, 11) is 2.57. The zero-order chi connectivity index (χ0) is 40.6. The second-order valence-electron chi connectivity index (χ2n) is 15.1. The number of Topliss-reactive ketones (excluding diaryl/α,β-unsaturated/α-hetero) is 6. The number of carbonyl (C=O) groups is 9. The summed E-state index contributed by atoms with van der Waals surface area (Å²) in [5.41, 5.74) is -2.55. The summed E-state index contributed by atoms with van der Waals surface area (Å²) in [6.45, 7) is 12.7. The van der Waals surface area contributed by atoms with Crippen molar-refractivity contribution in [2.24, 2.45) is 11.8 Å². The first-order valence-corrected chi connectivity index (χ1v) is 17.1. The molecular formula is C39H44N2O13. The molecule has 0 bridgehead atoms. The number of nitrogens with one attached hydrogen (secondary N) is 2. The maximum atomic E-state index is 13.7. The minimum absolute atomic E-state index is 0.0726. The van der Waals surface area contributed by atoms with Crippen molar-refractivity contribution in [2.45, 2.75) is 90.9 Å². The Balaban J connectivity index is 1.58. The van der Waals surface area contributed by atoms with E-state index in [0.29, 0.717) is 0 Å². The Morgan fingerprint density at radius 1 is 0.556 bits per heavy atom. The van der Waals surface area contributed by atoms with Crippen LogP contribution >= 0.6 is 0 Å². The van der Waals surface area contributed by atoms with E-state index in [2.05, 4.69) is 10.6 Å². The third-order valence-corrected chi connectivity index (χ3v) is 8.88. The van der Waals surface area contributed by atoms with Crippen molar-refractivity contribution in [2.75, 3.05) is 14.2 Å². The molecule has 0 fully saturated rings. The third-order valence-electron chi connectivity index (χ3n) is 8.88. The first kappa shape index (κ1) is 41.3. The Bertz CT molecular complexity index is 1810. The van der Waals surface area contributed by atoms with Crippen LogP contribution in [0, 0.1) is 11.8 Å². The van der Waals surface area contributed by atoms with Crippen LogP contribution in [0.5, 0.6) is 0 Å². The molecule has 0 saturated heterocycles. The largest absolute Gasteiger partial charge is 0.444 e. The minimum atomic E-state index is -1.82. The van der Waals surface area contributed by atoms with Gasteiger partial charge in [-0.15, -0.1) is 0 Å². The summed E-state index contributed by atoms with van der Waals surface area (Å²) >= 11 is 0. The van der Waals surface area contributed by atoms with Crippen LogP contribution < -0.4 is 10.6 Å². The van der Waals surface area contributed by atoms with Crippen LogP contribution in [0.3, 0.4) is 0 Å². The monoisotopic (exact) mass is 748 g/mol. The fourth-order valence-electron chi connectivity index (χ4n) is 6.09. The molecule has 0 saturated carbocycles. The summed E-state index contributed by atoms with van der Waals surface area (Å²) in [6.07, 6.45) is -3.82. The summed E-state index contributed by atoms with van der Waals surface area (Å²) in [4.78, 5) is 120. The topological polar surface area (TPSA) is 215 Å². The molecule has 2 unspecified atom stereocenters. The molecule has 0 heterocycles. The van der Waals surface area contributed by atoms with Gasteiger partial charge in [0.15, 0.2) is 40.5 Å². The van der Waals surface area contributed by atoms with Gasteiger partial charge in [0.05, 0.1) is 12.2 Å². The molecular weight excluding hydrogens is 704 g/mol. The molecule has 2 amide bonds. The van der Waals surface area contributed by atoms with Gasteiger partial charge in [-0.3, -0.25) is 33.6 Å². The molecule has 15 heteroatoms. The van der Waals surface area contributed by atoms with Crippen molar-refractivity contribution in [1.29, 1.82) is 0 Å². The lowest BCUT2D eigenvalue weighted by molar-refractivity contribution is -0.126. The average Bonchev–Trinajstić information content (AvgIpc) is 3.49. The highest BCUT2D eigenvalue weighted by molar-refractivity contribution is 6.38. The number of hydrogen-bond donors (Lipinski definition) is 2. The lowest BCUT2D eigenvalue weighted by atomic mass is 9.91. The smallest absolute Gasteiger partial charge is 0.408 e. The van der Waals surface area contributed by atoms with Gasteiger partial charge in [-0.2, -0.15) is 0 Å². The summed E-state index contributed by atoms with van der Waals surface area (Å²) < 4.78 is 21.0. The molecule has 4 rings (SSSR count). The predicted molar refractivity (Wildman–Crippen MR) is 190 cm³/mol. The second-order valence-corrected chi connectivity index (χ2v) is 15.1. The highest BCUT2D eigenvalue weighted by atomic mass is 16.6. The van der Waals surface area contributed by atoms with Crippen molar-refractivity contribution < 1.29 is 62.1 Å². The maximum absolute atomic E-state index is 13.7. The van der Waals surface area contributed by atoms with E-state index in [0.717, 1.165) is 12.1 Å². The molecule has 2 N–H and O–H groups in total. The quantitative estimate of drug-likeness (QED) is 0.233. The van der Waals surface area contributed by atoms with Crippen LogP contribution in [-0.4, -0.2) is 102 Å². The fraction of sp³-hybridized carbons (Fsp3) is 0.462. The van der Waals surface area contributed by atoms with Gasteiger partial charge in [0, 0.05) is 47.6 Å². The van der Waals surface area contributed by atoms with Gasteiger partial charge >= 0.3 is 12.2 Å². The van der Waals surface area contributed by atoms with Crippen LogP contribution in [-0.2, 0) is 28.5 Å². The van der Waals surface area contributed by atoms with Gasteiger partial charge in [0.25, 0.3) is 0 Å². The van der Waals surface area contributed by atoms with Crippen LogP contribution in [0.1, 0.15) is 113 Å². The van der Waals surface area contributed by atoms with Crippen molar-refractivity contribution in [1.82, 2.24) is 10.6 Å². The fourth-order valence-corrected chi connectivity index (χ4v) is 6.09. The number of amides is 2. The van der Waals surface area contributed by atoms with E-state index in [1.165, 1.54) is 52.3 Å². The van der Waals surface area contributed by atoms with E-state index in [1.807, 2.05) is 0 Å². The highest BCUT2D eigenvalue weighted by Crippen LogP contribution is 2.33. The summed E-state index contributed by atoms with van der Waals surface area (Å²) in [5.74, 6) is -9.61. The minimum Gasteiger partial charge on any atom is -0.444 e. The van der Waals surface area contributed by atoms with E-state index in [-0.39, 0.29) is 33.4 Å². The second kappa shape index (κ2) is 15.5. The van der Waals surface area contributed by atoms with E-state index in [9.17, 15) is 43.2 Å². The lowest BCUT2D eigenvalue weighted by Crippen LogP contribution is -2.53. The van der Waals surface area contributed by atoms with Gasteiger partial charge in [-0.1, -0.05) is 12.1 Å². The van der Waals surface area contributed by atoms with Crippen molar-refractivity contribution in [3.63, 3.8) is 0 Å². The Morgan fingerprint density at radius 2 is 0.870 bits per heavy atom. The molecule has 288 valence electrons. The molecule has 0 spiro atoms. The molecule has 0 aromatic heterocycles. The zero-order valence-electron chi connectivity index (χ0n) is 31.7. The van der Waals surface area contributed by atoms with Crippen molar-refractivity contribution in [3.05, 3.63) is 69.8 Å². The Kier molecular flexibility index (Phi) is 11.9. The van der Waals surface area contributed by atoms with Gasteiger partial charge < -0.3 is 29.6 Å². The van der Waals surface area contributed by atoms with Crippen LogP contribution in [0.2, 0.25) is 0 Å². The maximum Gasteiger partial charge on any atom is 0.408 e. The number of carbonyl (C=O) groups excluding carboxylic acids is 9. The Hall–Kier alpha value is -5.41. The van der Waals surface area contributed by atoms with Gasteiger partial charge in [-0.05, 0) is 79.7 Å². The normalized spacial score (nSPS) is 18.9. The Labute approximate surface area is 311 Å². The molecule has 0 aliphatic heterocycles. The molecule has 6 atom stereocenters. The number of ether oxygens (including phenoxy) is 4. The number of rotatable bonds is 12. The molecule has 15 nitrogen and oxygen atoms in total. The summed E-state index contributed by atoms with van der Waals surface area (Å²) in [6, 6.07) is 4.48. The zero-order valence-corrected chi connectivity index (χ0v) is 31.7. The first-order valence-electron chi connectivity index (χ1n) is 17.1. The van der Waals surface area contributed by atoms with E-state index < -0.39 is 100.0 Å². The average molecular weight is 749 g/mol. The number of ketones is 7. The molecule has 54 heavy (non-hydrogen) atoms. The van der Waals surface area contributed by atoms with Crippen LogP contribution in [0.4, 0.5) is 9.59 Å². The predicted octanol–water partition coefficient (Wildman–Crippen LogP) is 3.90. The Morgan fingerprint density at radius 3 is 1.17 bits per heavy atom. The number of fused-ring (bicyclic) bond motifs is 2. The molecule has 0 radical (unpaired) electrons. The number of alkyl carbamates (subject to hydrolysis) is 2. The first-order chi connectivity index (χ1) is 25.0. The highest BCUT2D eigenvalue weighted by Gasteiger charge is 2.49. The van der Waals surface area contributed by atoms with Crippen molar-refractivity contribution in [3.8, 4) is 0 Å². The molecule has 2 aliphatic carbocycles. The van der Waals surface area contributed by atoms with E-state index >= 15 is 0 Å². The number of benzene rings is 2. The summed E-state index contributed by atoms with van der Waals surface area (Å²) in [5, 5.41) is 4.78.